The van der Waals surface area contributed by atoms with Gasteiger partial charge in [0.25, 0.3) is 5.56 Å². The Bertz CT molecular complexity index is 1830. The molecule has 0 saturated carbocycles. The second-order valence-corrected chi connectivity index (χ2v) is 9.99. The third kappa shape index (κ3) is 4.19. The number of rotatable bonds is 4. The molecule has 194 valence electrons. The van der Waals surface area contributed by atoms with E-state index in [2.05, 4.69) is 4.99 Å². The van der Waals surface area contributed by atoms with Gasteiger partial charge in [-0.2, -0.15) is 5.10 Å². The number of aromatic nitrogens is 4. The third-order valence-corrected chi connectivity index (χ3v) is 7.28. The highest BCUT2D eigenvalue weighted by molar-refractivity contribution is 6.30. The van der Waals surface area contributed by atoms with E-state index in [1.54, 1.807) is 13.4 Å². The van der Waals surface area contributed by atoms with Gasteiger partial charge in [-0.25, -0.2) is 14.5 Å². The maximum absolute atomic E-state index is 13.8. The number of halogens is 1. The monoisotopic (exact) mass is 536 g/mol. The molecule has 1 atom stereocenters. The summed E-state index contributed by atoms with van der Waals surface area (Å²) in [4.78, 5) is 33.1. The van der Waals surface area contributed by atoms with Crippen LogP contribution in [-0.4, -0.2) is 25.3 Å². The zero-order valence-corrected chi connectivity index (χ0v) is 22.4. The van der Waals surface area contributed by atoms with Crippen LogP contribution in [0.25, 0.3) is 16.9 Å². The SMILES string of the molecule is Cc1ccc(N2C=Nc3c(c(=O)n(C)c(=O)n3C)C2c2cn(-c3ccccc3)nc2-c2ccc(Cl)cc2)cc1. The van der Waals surface area contributed by atoms with E-state index in [-0.39, 0.29) is 0 Å². The van der Waals surface area contributed by atoms with Gasteiger partial charge in [-0.05, 0) is 43.3 Å². The Morgan fingerprint density at radius 1 is 0.821 bits per heavy atom. The summed E-state index contributed by atoms with van der Waals surface area (Å²) in [5, 5.41) is 5.60. The summed E-state index contributed by atoms with van der Waals surface area (Å²) >= 11 is 6.21. The van der Waals surface area contributed by atoms with E-state index >= 15 is 0 Å². The fourth-order valence-electron chi connectivity index (χ4n) is 4.95. The zero-order valence-electron chi connectivity index (χ0n) is 21.6. The van der Waals surface area contributed by atoms with Crippen molar-refractivity contribution in [2.24, 2.45) is 19.1 Å². The molecule has 9 heteroatoms. The Morgan fingerprint density at radius 2 is 1.51 bits per heavy atom. The molecule has 8 nitrogen and oxygen atoms in total. The van der Waals surface area contributed by atoms with Gasteiger partial charge in [0.15, 0.2) is 0 Å². The topological polar surface area (TPSA) is 77.4 Å². The van der Waals surface area contributed by atoms with Crippen LogP contribution in [0, 0.1) is 6.92 Å². The van der Waals surface area contributed by atoms with Crippen molar-refractivity contribution in [3.8, 4) is 16.9 Å². The molecule has 0 bridgehead atoms. The number of nitrogens with zero attached hydrogens (tertiary/aromatic N) is 6. The van der Waals surface area contributed by atoms with Gasteiger partial charge in [0.1, 0.15) is 5.82 Å². The first kappa shape index (κ1) is 24.6. The highest BCUT2D eigenvalue weighted by Gasteiger charge is 2.36. The Morgan fingerprint density at radius 3 is 2.21 bits per heavy atom. The van der Waals surface area contributed by atoms with Gasteiger partial charge >= 0.3 is 5.69 Å². The number of hydrogen-bond acceptors (Lipinski definition) is 5. The van der Waals surface area contributed by atoms with Crippen molar-refractivity contribution in [2.75, 3.05) is 4.90 Å². The van der Waals surface area contributed by atoms with Gasteiger partial charge in [0.05, 0.1) is 29.3 Å². The van der Waals surface area contributed by atoms with E-state index in [1.165, 1.54) is 11.6 Å². The minimum atomic E-state index is -0.617. The minimum Gasteiger partial charge on any atom is -0.320 e. The molecule has 2 aromatic heterocycles. The lowest BCUT2D eigenvalue weighted by Gasteiger charge is -2.34. The third-order valence-electron chi connectivity index (χ3n) is 7.03. The Hall–Kier alpha value is -4.69. The zero-order chi connectivity index (χ0) is 27.3. The quantitative estimate of drug-likeness (QED) is 0.317. The lowest BCUT2D eigenvalue weighted by Crippen LogP contribution is -2.44. The number of para-hydroxylation sites is 1. The molecule has 39 heavy (non-hydrogen) atoms. The van der Waals surface area contributed by atoms with E-state index in [9.17, 15) is 9.59 Å². The lowest BCUT2D eigenvalue weighted by molar-refractivity contribution is 0.651. The highest BCUT2D eigenvalue weighted by Crippen LogP contribution is 2.41. The molecule has 5 aromatic rings. The summed E-state index contributed by atoms with van der Waals surface area (Å²) in [7, 11) is 3.12. The molecule has 6 rings (SSSR count). The second kappa shape index (κ2) is 9.56. The van der Waals surface area contributed by atoms with Gasteiger partial charge in [0, 0.05) is 42.1 Å². The fraction of sp³-hybridized carbons (Fsp3) is 0.133. The Kier molecular flexibility index (Phi) is 6.04. The second-order valence-electron chi connectivity index (χ2n) is 9.55. The molecular formula is C30H25ClN6O2. The van der Waals surface area contributed by atoms with Gasteiger partial charge in [-0.1, -0.05) is 59.6 Å². The average molecular weight is 537 g/mol. The van der Waals surface area contributed by atoms with E-state index in [4.69, 9.17) is 16.7 Å². The van der Waals surface area contributed by atoms with Crippen molar-refractivity contribution in [1.29, 1.82) is 0 Å². The molecule has 1 aliphatic heterocycles. The minimum absolute atomic E-state index is 0.325. The lowest BCUT2D eigenvalue weighted by atomic mass is 9.94. The molecule has 0 radical (unpaired) electrons. The van der Waals surface area contributed by atoms with Crippen molar-refractivity contribution < 1.29 is 0 Å². The predicted octanol–water partition coefficient (Wildman–Crippen LogP) is 5.17. The van der Waals surface area contributed by atoms with E-state index in [1.807, 2.05) is 102 Å². The molecule has 0 spiro atoms. The summed E-state index contributed by atoms with van der Waals surface area (Å²) < 4.78 is 4.35. The van der Waals surface area contributed by atoms with Crippen LogP contribution in [0.3, 0.4) is 0 Å². The molecule has 3 aromatic carbocycles. The molecule has 0 aliphatic carbocycles. The average Bonchev–Trinajstić information content (AvgIpc) is 3.40. The molecular weight excluding hydrogens is 512 g/mol. The normalized spacial score (nSPS) is 14.5. The summed E-state index contributed by atoms with van der Waals surface area (Å²) in [6.07, 6.45) is 3.63. The maximum Gasteiger partial charge on any atom is 0.332 e. The maximum atomic E-state index is 13.8. The highest BCUT2D eigenvalue weighted by atomic mass is 35.5. The number of aryl methyl sites for hydroxylation is 1. The Balaban J connectivity index is 1.68. The standard InChI is InChI=1S/C30H25ClN6O2/c1-19-9-15-22(16-10-19)36-18-32-28-25(29(38)35(3)30(39)34(28)2)27(36)24-17-37(23-7-5-4-6-8-23)33-26(24)20-11-13-21(31)14-12-20/h4-18,27H,1-3H3. The van der Waals surface area contributed by atoms with Crippen LogP contribution in [0.4, 0.5) is 11.5 Å². The smallest absolute Gasteiger partial charge is 0.320 e. The van der Waals surface area contributed by atoms with E-state index in [0.717, 1.165) is 32.6 Å². The molecule has 1 unspecified atom stereocenters. The van der Waals surface area contributed by atoms with Crippen molar-refractivity contribution >= 4 is 29.4 Å². The number of fused-ring (bicyclic) bond motifs is 1. The molecule has 0 fully saturated rings. The van der Waals surface area contributed by atoms with E-state index in [0.29, 0.717) is 22.1 Å². The summed E-state index contributed by atoms with van der Waals surface area (Å²) in [5.41, 5.74) is 4.72. The van der Waals surface area contributed by atoms with Crippen molar-refractivity contribution in [1.82, 2.24) is 18.9 Å². The number of benzene rings is 3. The predicted molar refractivity (Wildman–Crippen MR) is 155 cm³/mol. The van der Waals surface area contributed by atoms with Crippen LogP contribution < -0.4 is 16.1 Å². The number of aliphatic imine (C=N–C) groups is 1. The van der Waals surface area contributed by atoms with Crippen LogP contribution in [-0.2, 0) is 14.1 Å². The summed E-state index contributed by atoms with van der Waals surface area (Å²) in [5.74, 6) is 0.325. The van der Waals surface area contributed by atoms with Crippen molar-refractivity contribution in [3.05, 3.63) is 128 Å². The van der Waals surface area contributed by atoms with Gasteiger partial charge < -0.3 is 4.90 Å². The van der Waals surface area contributed by atoms with Gasteiger partial charge in [-0.15, -0.1) is 0 Å². The molecule has 0 amide bonds. The first-order valence-electron chi connectivity index (χ1n) is 12.4. The van der Waals surface area contributed by atoms with Crippen LogP contribution in [0.5, 0.6) is 0 Å². The molecule has 1 aliphatic rings. The fourth-order valence-corrected chi connectivity index (χ4v) is 5.07. The van der Waals surface area contributed by atoms with Crippen LogP contribution >= 0.6 is 11.6 Å². The van der Waals surface area contributed by atoms with Gasteiger partial charge in [0.2, 0.25) is 0 Å². The summed E-state index contributed by atoms with van der Waals surface area (Å²) in [6, 6.07) is 24.7. The van der Waals surface area contributed by atoms with Crippen LogP contribution in [0.15, 0.2) is 99.6 Å². The first-order chi connectivity index (χ1) is 18.8. The molecule has 0 N–H and O–H groups in total. The Labute approximate surface area is 229 Å². The molecule has 3 heterocycles. The molecule has 0 saturated heterocycles. The van der Waals surface area contributed by atoms with Crippen molar-refractivity contribution in [3.63, 3.8) is 0 Å². The van der Waals surface area contributed by atoms with E-state index < -0.39 is 17.3 Å². The first-order valence-corrected chi connectivity index (χ1v) is 12.8. The number of hydrogen-bond donors (Lipinski definition) is 0. The van der Waals surface area contributed by atoms with Crippen LogP contribution in [0.1, 0.15) is 22.7 Å². The van der Waals surface area contributed by atoms with Gasteiger partial charge in [-0.3, -0.25) is 13.9 Å². The van der Waals surface area contributed by atoms with Crippen LogP contribution in [0.2, 0.25) is 5.02 Å². The largest absolute Gasteiger partial charge is 0.332 e. The van der Waals surface area contributed by atoms with Crippen molar-refractivity contribution in [2.45, 2.75) is 13.0 Å². The summed E-state index contributed by atoms with van der Waals surface area (Å²) in [6.45, 7) is 2.02. The number of anilines is 1.